The maximum absolute atomic E-state index is 4.71. The van der Waals surface area contributed by atoms with Crippen LogP contribution in [0.4, 0.5) is 0 Å². The molecule has 2 aromatic heterocycles. The van der Waals surface area contributed by atoms with Crippen LogP contribution < -0.4 is 5.32 Å². The van der Waals surface area contributed by atoms with Crippen LogP contribution >= 0.6 is 27.3 Å². The van der Waals surface area contributed by atoms with Crippen LogP contribution in [0.15, 0.2) is 15.9 Å². The lowest BCUT2D eigenvalue weighted by atomic mass is 10.1. The van der Waals surface area contributed by atoms with Gasteiger partial charge in [-0.3, -0.25) is 4.68 Å². The fourth-order valence-corrected chi connectivity index (χ4v) is 3.83. The summed E-state index contributed by atoms with van der Waals surface area (Å²) < 4.78 is 3.28. The van der Waals surface area contributed by atoms with Crippen molar-refractivity contribution in [2.45, 2.75) is 53.1 Å². The Morgan fingerprint density at radius 3 is 2.62 bits per heavy atom. The van der Waals surface area contributed by atoms with Gasteiger partial charge in [-0.1, -0.05) is 0 Å². The first-order valence-corrected chi connectivity index (χ1v) is 8.94. The van der Waals surface area contributed by atoms with E-state index in [2.05, 4.69) is 72.0 Å². The van der Waals surface area contributed by atoms with Crippen molar-refractivity contribution in [2.24, 2.45) is 0 Å². The van der Waals surface area contributed by atoms with Crippen LogP contribution in [0, 0.1) is 13.8 Å². The Hall–Kier alpha value is -0.650. The summed E-state index contributed by atoms with van der Waals surface area (Å²) >= 11 is 5.28. The number of nitrogens with one attached hydrogen (secondary N) is 1. The van der Waals surface area contributed by atoms with Gasteiger partial charge in [-0.15, -0.1) is 11.3 Å². The Morgan fingerprint density at radius 2 is 2.05 bits per heavy atom. The van der Waals surface area contributed by atoms with Gasteiger partial charge in [0, 0.05) is 26.0 Å². The van der Waals surface area contributed by atoms with Crippen LogP contribution in [0.2, 0.25) is 0 Å². The second-order valence-electron chi connectivity index (χ2n) is 6.47. The number of aryl methyl sites for hydroxylation is 1. The molecule has 1 N–H and O–H groups in total. The second kappa shape index (κ2) is 6.63. The first-order chi connectivity index (χ1) is 9.76. The molecule has 3 nitrogen and oxygen atoms in total. The standard InChI is InChI=1S/C16H24BrN3S/c1-11-15(6-7-18-16(3,4)5)12(2)20(19-11)9-14-8-13(17)10-21-14/h8,10,18H,6-7,9H2,1-5H3. The van der Waals surface area contributed by atoms with Crippen molar-refractivity contribution in [1.82, 2.24) is 15.1 Å². The van der Waals surface area contributed by atoms with Gasteiger partial charge in [0.25, 0.3) is 0 Å². The van der Waals surface area contributed by atoms with Crippen molar-refractivity contribution in [3.8, 4) is 0 Å². The number of thiophene rings is 1. The van der Waals surface area contributed by atoms with Crippen LogP contribution in [-0.2, 0) is 13.0 Å². The molecule has 5 heteroatoms. The van der Waals surface area contributed by atoms with Crippen molar-refractivity contribution in [3.63, 3.8) is 0 Å². The second-order valence-corrected chi connectivity index (χ2v) is 8.38. The molecule has 0 unspecified atom stereocenters. The fourth-order valence-electron chi connectivity index (χ4n) is 2.40. The third-order valence-electron chi connectivity index (χ3n) is 3.49. The van der Waals surface area contributed by atoms with Crippen LogP contribution in [0.5, 0.6) is 0 Å². The topological polar surface area (TPSA) is 29.9 Å². The van der Waals surface area contributed by atoms with Gasteiger partial charge < -0.3 is 5.32 Å². The van der Waals surface area contributed by atoms with Crippen LogP contribution in [0.1, 0.15) is 42.6 Å². The summed E-state index contributed by atoms with van der Waals surface area (Å²) in [7, 11) is 0. The molecule has 0 radical (unpaired) electrons. The Balaban J connectivity index is 2.06. The molecule has 0 amide bonds. The molecule has 0 saturated carbocycles. The smallest absolute Gasteiger partial charge is 0.0755 e. The van der Waals surface area contributed by atoms with Gasteiger partial charge in [0.05, 0.1) is 12.2 Å². The van der Waals surface area contributed by atoms with E-state index in [1.165, 1.54) is 16.1 Å². The number of rotatable bonds is 5. The van der Waals surface area contributed by atoms with Gasteiger partial charge in [0.15, 0.2) is 0 Å². The highest BCUT2D eigenvalue weighted by Crippen LogP contribution is 2.22. The van der Waals surface area contributed by atoms with Crippen LogP contribution in [0.25, 0.3) is 0 Å². The monoisotopic (exact) mass is 369 g/mol. The van der Waals surface area contributed by atoms with Gasteiger partial charge >= 0.3 is 0 Å². The fraction of sp³-hybridized carbons (Fsp3) is 0.562. The lowest BCUT2D eigenvalue weighted by Crippen LogP contribution is -2.37. The van der Waals surface area contributed by atoms with E-state index in [1.54, 1.807) is 11.3 Å². The van der Waals surface area contributed by atoms with E-state index in [-0.39, 0.29) is 5.54 Å². The predicted octanol–water partition coefficient (Wildman–Crippen LogP) is 4.30. The highest BCUT2D eigenvalue weighted by atomic mass is 79.9. The molecule has 116 valence electrons. The Morgan fingerprint density at radius 1 is 1.33 bits per heavy atom. The number of halogens is 1. The van der Waals surface area contributed by atoms with Crippen LogP contribution in [-0.4, -0.2) is 21.9 Å². The molecular formula is C16H24BrN3S. The third-order valence-corrected chi connectivity index (χ3v) is 5.17. The summed E-state index contributed by atoms with van der Waals surface area (Å²) in [5.41, 5.74) is 3.98. The lowest BCUT2D eigenvalue weighted by molar-refractivity contribution is 0.429. The van der Waals surface area contributed by atoms with Gasteiger partial charge in [0.2, 0.25) is 0 Å². The highest BCUT2D eigenvalue weighted by Gasteiger charge is 2.14. The van der Waals surface area contributed by atoms with Gasteiger partial charge in [0.1, 0.15) is 0 Å². The Kier molecular flexibility index (Phi) is 5.28. The molecule has 0 saturated heterocycles. The summed E-state index contributed by atoms with van der Waals surface area (Å²) in [6, 6.07) is 2.17. The average molecular weight is 370 g/mol. The van der Waals surface area contributed by atoms with Gasteiger partial charge in [-0.2, -0.15) is 5.10 Å². The molecule has 2 aromatic rings. The zero-order valence-electron chi connectivity index (χ0n) is 13.5. The van der Waals surface area contributed by atoms with Gasteiger partial charge in [-0.05, 0) is 75.1 Å². The molecule has 2 heterocycles. The highest BCUT2D eigenvalue weighted by molar-refractivity contribution is 9.10. The van der Waals surface area contributed by atoms with E-state index < -0.39 is 0 Å². The van der Waals surface area contributed by atoms with E-state index in [0.717, 1.165) is 29.7 Å². The lowest BCUT2D eigenvalue weighted by Gasteiger charge is -2.20. The Bertz CT molecular complexity index is 608. The molecular weight excluding hydrogens is 346 g/mol. The molecule has 0 atom stereocenters. The first-order valence-electron chi connectivity index (χ1n) is 7.27. The summed E-state index contributed by atoms with van der Waals surface area (Å²) in [5, 5.41) is 10.4. The summed E-state index contributed by atoms with van der Waals surface area (Å²) in [6.07, 6.45) is 1.03. The zero-order valence-corrected chi connectivity index (χ0v) is 15.9. The van der Waals surface area contributed by atoms with Crippen molar-refractivity contribution in [1.29, 1.82) is 0 Å². The summed E-state index contributed by atoms with van der Waals surface area (Å²) in [5.74, 6) is 0. The largest absolute Gasteiger partial charge is 0.312 e. The molecule has 0 fully saturated rings. The number of nitrogens with zero attached hydrogens (tertiary/aromatic N) is 2. The van der Waals surface area contributed by atoms with E-state index >= 15 is 0 Å². The minimum Gasteiger partial charge on any atom is -0.312 e. The van der Waals surface area contributed by atoms with E-state index in [9.17, 15) is 0 Å². The van der Waals surface area contributed by atoms with Crippen molar-refractivity contribution < 1.29 is 0 Å². The minimum absolute atomic E-state index is 0.168. The van der Waals surface area contributed by atoms with Crippen molar-refractivity contribution in [2.75, 3.05) is 6.54 Å². The molecule has 0 bridgehead atoms. The van der Waals surface area contributed by atoms with E-state index in [0.29, 0.717) is 0 Å². The van der Waals surface area contributed by atoms with Gasteiger partial charge in [-0.25, -0.2) is 0 Å². The number of aromatic nitrogens is 2. The maximum Gasteiger partial charge on any atom is 0.0755 e. The molecule has 21 heavy (non-hydrogen) atoms. The van der Waals surface area contributed by atoms with E-state index in [1.807, 2.05) is 0 Å². The average Bonchev–Trinajstić information content (AvgIpc) is 2.87. The third kappa shape index (κ3) is 4.66. The maximum atomic E-state index is 4.71. The number of hydrogen-bond acceptors (Lipinski definition) is 3. The SMILES string of the molecule is Cc1nn(Cc2cc(Br)cs2)c(C)c1CCNC(C)(C)C. The zero-order chi connectivity index (χ0) is 15.6. The summed E-state index contributed by atoms with van der Waals surface area (Å²) in [4.78, 5) is 1.33. The van der Waals surface area contributed by atoms with Crippen molar-refractivity contribution >= 4 is 27.3 Å². The Labute approximate surface area is 139 Å². The number of hydrogen-bond donors (Lipinski definition) is 1. The van der Waals surface area contributed by atoms with Crippen molar-refractivity contribution in [3.05, 3.63) is 37.7 Å². The molecule has 0 aromatic carbocycles. The molecule has 2 rings (SSSR count). The predicted molar refractivity (Wildman–Crippen MR) is 94.3 cm³/mol. The first kappa shape index (κ1) is 16.7. The quantitative estimate of drug-likeness (QED) is 0.850. The van der Waals surface area contributed by atoms with Crippen LogP contribution in [0.3, 0.4) is 0 Å². The summed E-state index contributed by atoms with van der Waals surface area (Å²) in [6.45, 7) is 12.7. The molecule has 0 aliphatic rings. The normalized spacial score (nSPS) is 12.1. The van der Waals surface area contributed by atoms with E-state index in [4.69, 9.17) is 5.10 Å². The molecule has 0 aliphatic heterocycles. The minimum atomic E-state index is 0.168. The molecule has 0 aliphatic carbocycles. The molecule has 0 spiro atoms.